The van der Waals surface area contributed by atoms with Crippen molar-refractivity contribution in [2.45, 2.75) is 12.8 Å². The summed E-state index contributed by atoms with van der Waals surface area (Å²) >= 11 is 0. The molecule has 268 valence electrons. The second-order valence-electron chi connectivity index (χ2n) is 14.7. The molecule has 0 aliphatic heterocycles. The van der Waals surface area contributed by atoms with Crippen molar-refractivity contribution in [1.82, 2.24) is 24.1 Å². The van der Waals surface area contributed by atoms with E-state index in [4.69, 9.17) is 19.4 Å². The van der Waals surface area contributed by atoms with Gasteiger partial charge in [0.05, 0.1) is 22.1 Å². The predicted molar refractivity (Wildman–Crippen MR) is 233 cm³/mol. The lowest BCUT2D eigenvalue weighted by atomic mass is 10.1. The van der Waals surface area contributed by atoms with Crippen LogP contribution in [0.2, 0.25) is 0 Å². The topological polar surface area (TPSA) is 61.7 Å². The molecule has 6 nitrogen and oxygen atoms in total. The number of hydrogen-bond donors (Lipinski definition) is 0. The summed E-state index contributed by atoms with van der Waals surface area (Å²) in [7, 11) is 0. The van der Waals surface area contributed by atoms with Crippen molar-refractivity contribution < 1.29 is 4.42 Å². The third-order valence-corrected chi connectivity index (χ3v) is 11.4. The molecule has 0 radical (unpaired) electrons. The monoisotopic (exact) mass is 731 g/mol. The summed E-state index contributed by atoms with van der Waals surface area (Å²) in [5.74, 6) is 1.80. The molecular weight excluding hydrogens is 699 g/mol. The van der Waals surface area contributed by atoms with Gasteiger partial charge in [0.15, 0.2) is 17.5 Å². The maximum absolute atomic E-state index is 6.28. The maximum atomic E-state index is 6.28. The molecule has 12 rings (SSSR count). The van der Waals surface area contributed by atoms with Crippen molar-refractivity contribution in [2.75, 3.05) is 0 Å². The highest BCUT2D eigenvalue weighted by atomic mass is 16.3. The van der Waals surface area contributed by atoms with Crippen LogP contribution in [0.25, 0.3) is 111 Å². The highest BCUT2D eigenvalue weighted by Gasteiger charge is 2.22. The van der Waals surface area contributed by atoms with Gasteiger partial charge in [-0.25, -0.2) is 15.0 Å². The normalized spacial score (nSPS) is 13.2. The highest BCUT2D eigenvalue weighted by Crippen LogP contribution is 2.43. The van der Waals surface area contributed by atoms with Crippen LogP contribution in [0.1, 0.15) is 12.8 Å². The number of furan rings is 1. The number of fused-ring (bicyclic) bond motifs is 10. The van der Waals surface area contributed by atoms with Gasteiger partial charge in [-0.15, -0.1) is 0 Å². The van der Waals surface area contributed by atoms with Gasteiger partial charge in [0.2, 0.25) is 0 Å². The van der Waals surface area contributed by atoms with Crippen LogP contribution in [0.15, 0.2) is 180 Å². The Morgan fingerprint density at radius 1 is 0.439 bits per heavy atom. The number of hydrogen-bond acceptors (Lipinski definition) is 4. The molecule has 1 aliphatic rings. The average molecular weight is 732 g/mol. The van der Waals surface area contributed by atoms with Gasteiger partial charge in [0.25, 0.3) is 0 Å². The van der Waals surface area contributed by atoms with E-state index in [1.54, 1.807) is 0 Å². The molecule has 57 heavy (non-hydrogen) atoms. The second kappa shape index (κ2) is 12.5. The third-order valence-electron chi connectivity index (χ3n) is 11.4. The zero-order chi connectivity index (χ0) is 37.5. The molecule has 11 aromatic rings. The van der Waals surface area contributed by atoms with Gasteiger partial charge in [-0.3, -0.25) is 0 Å². The lowest BCUT2D eigenvalue weighted by Crippen LogP contribution is -2.01. The Morgan fingerprint density at radius 3 is 1.89 bits per heavy atom. The first-order valence-corrected chi connectivity index (χ1v) is 19.4. The number of aromatic nitrogens is 5. The Balaban J connectivity index is 1.07. The van der Waals surface area contributed by atoms with Gasteiger partial charge >= 0.3 is 0 Å². The largest absolute Gasteiger partial charge is 0.456 e. The van der Waals surface area contributed by atoms with Crippen LogP contribution >= 0.6 is 0 Å². The van der Waals surface area contributed by atoms with E-state index in [0.717, 1.165) is 68.2 Å². The quantitative estimate of drug-likeness (QED) is 0.177. The molecule has 0 saturated carbocycles. The van der Waals surface area contributed by atoms with Crippen molar-refractivity contribution >= 4 is 71.2 Å². The molecule has 1 aliphatic carbocycles. The van der Waals surface area contributed by atoms with Crippen molar-refractivity contribution in [3.05, 3.63) is 176 Å². The lowest BCUT2D eigenvalue weighted by molar-refractivity contribution is 0.669. The summed E-state index contributed by atoms with van der Waals surface area (Å²) in [4.78, 5) is 15.3. The predicted octanol–water partition coefficient (Wildman–Crippen LogP) is 13.2. The summed E-state index contributed by atoms with van der Waals surface area (Å²) in [6.45, 7) is 0. The smallest absolute Gasteiger partial charge is 0.164 e. The van der Waals surface area contributed by atoms with E-state index in [1.807, 2.05) is 54.6 Å². The molecule has 0 spiro atoms. The Kier molecular flexibility index (Phi) is 6.95. The number of allylic oxidation sites excluding steroid dienone is 4. The highest BCUT2D eigenvalue weighted by molar-refractivity contribution is 6.26. The van der Waals surface area contributed by atoms with Crippen molar-refractivity contribution in [3.8, 4) is 39.9 Å². The molecule has 0 atom stereocenters. The Bertz CT molecular complexity index is 3470. The molecule has 4 aromatic heterocycles. The summed E-state index contributed by atoms with van der Waals surface area (Å²) in [6, 6.07) is 55.1. The fraction of sp³-hybridized carbons (Fsp3) is 0.0392. The molecule has 4 heterocycles. The van der Waals surface area contributed by atoms with E-state index in [-0.39, 0.29) is 0 Å². The van der Waals surface area contributed by atoms with Crippen LogP contribution in [0.3, 0.4) is 0 Å². The standard InChI is InChI=1S/C51H33N5O/c1-3-14-32(15-4-1)49-52-50(54-51(53-49)34-26-27-39-38-21-9-12-25-45(38)57-46(39)31-34)33-16-13-19-36(30-33)55-43-24-11-8-22-41(43)47-44(55)29-28-40-37-20-7-10-23-42(37)56(48(40)47)35-17-5-2-6-18-35/h1,3-5,7-31H,2,6H2. The minimum Gasteiger partial charge on any atom is -0.456 e. The molecular formula is C51H33N5O. The maximum Gasteiger partial charge on any atom is 0.164 e. The number of benzene rings is 7. The Labute approximate surface area is 327 Å². The van der Waals surface area contributed by atoms with Crippen LogP contribution in [0.5, 0.6) is 0 Å². The summed E-state index contributed by atoms with van der Waals surface area (Å²) in [5, 5.41) is 7.11. The first kappa shape index (κ1) is 31.7. The second-order valence-corrected chi connectivity index (χ2v) is 14.7. The average Bonchev–Trinajstić information content (AvgIpc) is 3.94. The van der Waals surface area contributed by atoms with Crippen molar-refractivity contribution in [3.63, 3.8) is 0 Å². The molecule has 0 amide bonds. The van der Waals surface area contributed by atoms with E-state index in [9.17, 15) is 0 Å². The Morgan fingerprint density at radius 2 is 1.09 bits per heavy atom. The fourth-order valence-corrected chi connectivity index (χ4v) is 8.82. The molecule has 7 aromatic carbocycles. The fourth-order valence-electron chi connectivity index (χ4n) is 8.82. The van der Waals surface area contributed by atoms with E-state index in [2.05, 4.69) is 130 Å². The number of nitrogens with zero attached hydrogens (tertiary/aromatic N) is 5. The summed E-state index contributed by atoms with van der Waals surface area (Å²) in [6.07, 6.45) is 9.03. The van der Waals surface area contributed by atoms with Gasteiger partial charge in [0.1, 0.15) is 11.2 Å². The minimum absolute atomic E-state index is 0.588. The summed E-state index contributed by atoms with van der Waals surface area (Å²) in [5.41, 5.74) is 11.3. The molecule has 6 heteroatoms. The van der Waals surface area contributed by atoms with Gasteiger partial charge in [-0.2, -0.15) is 0 Å². The van der Waals surface area contributed by atoms with E-state index < -0.39 is 0 Å². The molecule has 0 unspecified atom stereocenters. The van der Waals surface area contributed by atoms with Gasteiger partial charge in [-0.1, -0.05) is 121 Å². The van der Waals surface area contributed by atoms with Gasteiger partial charge < -0.3 is 13.6 Å². The number of rotatable bonds is 5. The van der Waals surface area contributed by atoms with Crippen LogP contribution < -0.4 is 0 Å². The zero-order valence-corrected chi connectivity index (χ0v) is 30.8. The first-order valence-electron chi connectivity index (χ1n) is 19.4. The zero-order valence-electron chi connectivity index (χ0n) is 30.8. The van der Waals surface area contributed by atoms with Crippen LogP contribution in [0, 0.1) is 0 Å². The molecule has 0 N–H and O–H groups in total. The lowest BCUT2D eigenvalue weighted by Gasteiger charge is -2.13. The minimum atomic E-state index is 0.588. The van der Waals surface area contributed by atoms with Gasteiger partial charge in [0, 0.05) is 60.4 Å². The van der Waals surface area contributed by atoms with Crippen LogP contribution in [-0.2, 0) is 0 Å². The van der Waals surface area contributed by atoms with E-state index in [0.29, 0.717) is 17.5 Å². The number of para-hydroxylation sites is 3. The van der Waals surface area contributed by atoms with E-state index >= 15 is 0 Å². The molecule has 0 bridgehead atoms. The van der Waals surface area contributed by atoms with Crippen molar-refractivity contribution in [2.24, 2.45) is 0 Å². The third kappa shape index (κ3) is 4.94. The summed E-state index contributed by atoms with van der Waals surface area (Å²) < 4.78 is 11.1. The van der Waals surface area contributed by atoms with Crippen LogP contribution in [-0.4, -0.2) is 24.1 Å². The van der Waals surface area contributed by atoms with Gasteiger partial charge in [-0.05, 0) is 67.4 Å². The molecule has 0 fully saturated rings. The Hall–Kier alpha value is -7.57. The first-order chi connectivity index (χ1) is 28.3. The van der Waals surface area contributed by atoms with Crippen LogP contribution in [0.4, 0.5) is 0 Å². The SMILES string of the molecule is C1=CC(n2c3ccccc3c3ccc4c(c5ccccc5n4-c4cccc(-c5nc(-c6ccccc6)nc(-c6ccc7c(c6)oc6ccccc67)n5)c4)c32)=CCC1. The van der Waals surface area contributed by atoms with Crippen molar-refractivity contribution in [1.29, 1.82) is 0 Å². The molecule has 0 saturated heterocycles. The van der Waals surface area contributed by atoms with E-state index in [1.165, 1.54) is 38.3 Å².